The van der Waals surface area contributed by atoms with Crippen LogP contribution in [-0.4, -0.2) is 58.3 Å². The summed E-state index contributed by atoms with van der Waals surface area (Å²) in [6.07, 6.45) is 12.4. The summed E-state index contributed by atoms with van der Waals surface area (Å²) in [6, 6.07) is 6.55. The third-order valence-corrected chi connectivity index (χ3v) is 8.07. The van der Waals surface area contributed by atoms with Gasteiger partial charge in [-0.1, -0.05) is 19.3 Å². The van der Waals surface area contributed by atoms with Crippen molar-refractivity contribution in [2.24, 2.45) is 0 Å². The van der Waals surface area contributed by atoms with Crippen molar-refractivity contribution in [3.63, 3.8) is 0 Å². The fourth-order valence-electron chi connectivity index (χ4n) is 6.50. The monoisotopic (exact) mass is 427 g/mol. The number of aliphatic hydroxyl groups excluding tert-OH is 1. The Labute approximate surface area is 186 Å². The molecule has 2 aliphatic heterocycles. The number of aromatic nitrogens is 1. The van der Waals surface area contributed by atoms with Crippen molar-refractivity contribution in [1.29, 1.82) is 0 Å². The highest BCUT2D eigenvalue weighted by Crippen LogP contribution is 2.37. The fourth-order valence-corrected chi connectivity index (χ4v) is 6.50. The van der Waals surface area contributed by atoms with Crippen LogP contribution in [0.3, 0.4) is 0 Å². The lowest BCUT2D eigenvalue weighted by Crippen LogP contribution is -2.42. The van der Waals surface area contributed by atoms with Gasteiger partial charge in [0.05, 0.1) is 0 Å². The van der Waals surface area contributed by atoms with Crippen molar-refractivity contribution in [2.45, 2.75) is 82.8 Å². The summed E-state index contributed by atoms with van der Waals surface area (Å²) in [4.78, 5) is 5.23. The predicted octanol–water partition coefficient (Wildman–Crippen LogP) is 4.88. The number of rotatable bonds is 6. The molecule has 0 spiro atoms. The lowest BCUT2D eigenvalue weighted by molar-refractivity contribution is 0.109. The van der Waals surface area contributed by atoms with Crippen LogP contribution >= 0.6 is 0 Å². The van der Waals surface area contributed by atoms with Gasteiger partial charge in [0, 0.05) is 61.3 Å². The quantitative estimate of drug-likeness (QED) is 0.713. The van der Waals surface area contributed by atoms with Gasteiger partial charge in [0.2, 0.25) is 0 Å². The Morgan fingerprint density at radius 2 is 1.61 bits per heavy atom. The molecule has 5 heteroatoms. The van der Waals surface area contributed by atoms with E-state index in [1.807, 2.05) is 6.07 Å². The molecular weight excluding hydrogens is 389 g/mol. The lowest BCUT2D eigenvalue weighted by atomic mass is 9.92. The van der Waals surface area contributed by atoms with Gasteiger partial charge in [0.25, 0.3) is 0 Å². The molecule has 0 unspecified atom stereocenters. The summed E-state index contributed by atoms with van der Waals surface area (Å²) in [5, 5.41) is 11.0. The van der Waals surface area contributed by atoms with Crippen molar-refractivity contribution < 1.29 is 9.50 Å². The summed E-state index contributed by atoms with van der Waals surface area (Å²) in [5.41, 5.74) is 3.65. The van der Waals surface area contributed by atoms with E-state index in [9.17, 15) is 9.50 Å². The zero-order valence-corrected chi connectivity index (χ0v) is 18.9. The highest BCUT2D eigenvalue weighted by molar-refractivity contribution is 5.86. The van der Waals surface area contributed by atoms with E-state index in [1.165, 1.54) is 56.2 Å². The van der Waals surface area contributed by atoms with Crippen molar-refractivity contribution in [2.75, 3.05) is 32.8 Å². The Morgan fingerprint density at radius 1 is 0.871 bits per heavy atom. The Balaban J connectivity index is 1.45. The molecule has 170 valence electrons. The van der Waals surface area contributed by atoms with Crippen LogP contribution in [0.4, 0.5) is 4.39 Å². The number of nitrogens with zero attached hydrogens (tertiary/aromatic N) is 3. The van der Waals surface area contributed by atoms with Crippen LogP contribution < -0.4 is 0 Å². The second-order valence-electron chi connectivity index (χ2n) is 9.97. The molecular formula is C26H38FN3O. The minimum atomic E-state index is -0.157. The van der Waals surface area contributed by atoms with Crippen molar-refractivity contribution in [3.8, 4) is 0 Å². The van der Waals surface area contributed by atoms with E-state index >= 15 is 0 Å². The number of likely N-dealkylation sites (tertiary alicyclic amines) is 2. The summed E-state index contributed by atoms with van der Waals surface area (Å²) in [7, 11) is 0. The van der Waals surface area contributed by atoms with Crippen LogP contribution in [0.5, 0.6) is 0 Å². The SMILES string of the molecule is OCCc1c(CN2CCCC2)c2cc(F)ccc2n1C1CCN(C2CCCCC2)CC1. The molecule has 0 amide bonds. The molecule has 0 bridgehead atoms. The number of benzene rings is 1. The molecule has 1 saturated carbocycles. The van der Waals surface area contributed by atoms with Gasteiger partial charge in [-0.15, -0.1) is 0 Å². The molecule has 3 aliphatic rings. The van der Waals surface area contributed by atoms with Crippen LogP contribution in [0.15, 0.2) is 18.2 Å². The molecule has 0 radical (unpaired) electrons. The highest BCUT2D eigenvalue weighted by atomic mass is 19.1. The third-order valence-electron chi connectivity index (χ3n) is 8.07. The average molecular weight is 428 g/mol. The van der Waals surface area contributed by atoms with E-state index < -0.39 is 0 Å². The highest BCUT2D eigenvalue weighted by Gasteiger charge is 2.30. The average Bonchev–Trinajstić information content (AvgIpc) is 3.42. The van der Waals surface area contributed by atoms with Gasteiger partial charge in [-0.3, -0.25) is 4.90 Å². The first kappa shape index (κ1) is 21.4. The Hall–Kier alpha value is -1.43. The maximum Gasteiger partial charge on any atom is 0.123 e. The zero-order chi connectivity index (χ0) is 21.2. The molecule has 3 heterocycles. The lowest BCUT2D eigenvalue weighted by Gasteiger charge is -2.40. The van der Waals surface area contributed by atoms with Crippen molar-refractivity contribution in [1.82, 2.24) is 14.4 Å². The molecule has 1 aromatic heterocycles. The number of halogens is 1. The molecule has 2 saturated heterocycles. The molecule has 3 fully saturated rings. The van der Waals surface area contributed by atoms with Crippen LogP contribution in [0.25, 0.3) is 10.9 Å². The predicted molar refractivity (Wildman–Crippen MR) is 124 cm³/mol. The minimum Gasteiger partial charge on any atom is -0.396 e. The standard InChI is InChI=1S/C26H38FN3O/c27-20-8-9-25-23(18-20)24(19-28-13-4-5-14-28)26(12-17-31)30(25)22-10-15-29(16-11-22)21-6-2-1-3-7-21/h8-9,18,21-22,31H,1-7,10-17,19H2. The van der Waals surface area contributed by atoms with E-state index in [0.717, 1.165) is 62.5 Å². The molecule has 1 N–H and O–H groups in total. The van der Waals surface area contributed by atoms with E-state index in [4.69, 9.17) is 0 Å². The second kappa shape index (κ2) is 9.60. The number of aliphatic hydroxyl groups is 1. The fraction of sp³-hybridized carbons (Fsp3) is 0.692. The minimum absolute atomic E-state index is 0.146. The summed E-state index contributed by atoms with van der Waals surface area (Å²) >= 11 is 0. The van der Waals surface area contributed by atoms with E-state index in [0.29, 0.717) is 12.5 Å². The maximum atomic E-state index is 14.3. The molecule has 0 atom stereocenters. The topological polar surface area (TPSA) is 31.6 Å². The Morgan fingerprint density at radius 3 is 2.32 bits per heavy atom. The van der Waals surface area contributed by atoms with Crippen LogP contribution in [0.2, 0.25) is 0 Å². The second-order valence-corrected chi connectivity index (χ2v) is 9.97. The van der Waals surface area contributed by atoms with Gasteiger partial charge < -0.3 is 14.6 Å². The van der Waals surface area contributed by atoms with Gasteiger partial charge in [0.1, 0.15) is 5.82 Å². The van der Waals surface area contributed by atoms with Gasteiger partial charge >= 0.3 is 0 Å². The summed E-state index contributed by atoms with van der Waals surface area (Å²) < 4.78 is 16.8. The summed E-state index contributed by atoms with van der Waals surface area (Å²) in [6.45, 7) is 5.60. The number of hydrogen-bond donors (Lipinski definition) is 1. The molecule has 4 nitrogen and oxygen atoms in total. The van der Waals surface area contributed by atoms with Crippen LogP contribution in [-0.2, 0) is 13.0 Å². The van der Waals surface area contributed by atoms with Crippen LogP contribution in [0, 0.1) is 5.82 Å². The van der Waals surface area contributed by atoms with Gasteiger partial charge in [-0.2, -0.15) is 0 Å². The number of hydrogen-bond acceptors (Lipinski definition) is 3. The summed E-state index contributed by atoms with van der Waals surface area (Å²) in [5.74, 6) is -0.157. The maximum absolute atomic E-state index is 14.3. The first-order valence-electron chi connectivity index (χ1n) is 12.6. The largest absolute Gasteiger partial charge is 0.396 e. The Bertz CT molecular complexity index is 874. The van der Waals surface area contributed by atoms with Crippen molar-refractivity contribution >= 4 is 10.9 Å². The molecule has 1 aliphatic carbocycles. The van der Waals surface area contributed by atoms with E-state index in [-0.39, 0.29) is 12.4 Å². The third kappa shape index (κ3) is 4.42. The first-order chi connectivity index (χ1) is 15.2. The molecule has 31 heavy (non-hydrogen) atoms. The van der Waals surface area contributed by atoms with Crippen LogP contribution in [0.1, 0.15) is 75.1 Å². The smallest absolute Gasteiger partial charge is 0.123 e. The normalized spacial score (nSPS) is 22.6. The Kier molecular flexibility index (Phi) is 6.63. The molecule has 2 aromatic rings. The number of piperidine rings is 1. The van der Waals surface area contributed by atoms with Gasteiger partial charge in [-0.25, -0.2) is 4.39 Å². The number of fused-ring (bicyclic) bond motifs is 1. The zero-order valence-electron chi connectivity index (χ0n) is 18.9. The van der Waals surface area contributed by atoms with E-state index in [2.05, 4.69) is 14.4 Å². The van der Waals surface area contributed by atoms with Gasteiger partial charge in [0.15, 0.2) is 0 Å². The first-order valence-corrected chi connectivity index (χ1v) is 12.6. The molecule has 5 rings (SSSR count). The van der Waals surface area contributed by atoms with E-state index in [1.54, 1.807) is 12.1 Å². The molecule has 1 aromatic carbocycles. The van der Waals surface area contributed by atoms with Crippen molar-refractivity contribution in [3.05, 3.63) is 35.3 Å². The van der Waals surface area contributed by atoms with Gasteiger partial charge in [-0.05, 0) is 75.4 Å².